The van der Waals surface area contributed by atoms with E-state index in [-0.39, 0.29) is 11.3 Å². The highest BCUT2D eigenvalue weighted by Gasteiger charge is 2.25. The van der Waals surface area contributed by atoms with E-state index < -0.39 is 0 Å². The summed E-state index contributed by atoms with van der Waals surface area (Å²) in [5, 5.41) is 0. The second kappa shape index (κ2) is 7.50. The van der Waals surface area contributed by atoms with Crippen LogP contribution < -0.4 is 10.3 Å². The molecule has 0 N–H and O–H groups in total. The van der Waals surface area contributed by atoms with Gasteiger partial charge >= 0.3 is 0 Å². The Morgan fingerprint density at radius 3 is 2.48 bits per heavy atom. The third-order valence-corrected chi connectivity index (χ3v) is 4.35. The van der Waals surface area contributed by atoms with E-state index >= 15 is 0 Å². The SMILES string of the molecule is COCCC(C)c1c(N(C)CCCC(C)(C)C)c(=S)c1=O. The monoisotopic (exact) mass is 311 g/mol. The maximum absolute atomic E-state index is 12.0. The Morgan fingerprint density at radius 1 is 1.33 bits per heavy atom. The maximum atomic E-state index is 12.0. The Balaban J connectivity index is 2.72. The van der Waals surface area contributed by atoms with Crippen molar-refractivity contribution in [2.24, 2.45) is 5.41 Å². The Bertz CT molecular complexity index is 523. The van der Waals surface area contributed by atoms with Gasteiger partial charge in [0.15, 0.2) is 0 Å². The van der Waals surface area contributed by atoms with Gasteiger partial charge in [-0.3, -0.25) is 4.79 Å². The molecule has 0 fully saturated rings. The highest BCUT2D eigenvalue weighted by atomic mass is 32.1. The van der Waals surface area contributed by atoms with Gasteiger partial charge in [-0.25, -0.2) is 0 Å². The summed E-state index contributed by atoms with van der Waals surface area (Å²) in [6.07, 6.45) is 3.14. The molecule has 0 aliphatic rings. The van der Waals surface area contributed by atoms with Crippen LogP contribution in [0.1, 0.15) is 58.4 Å². The molecule has 0 bridgehead atoms. The first-order valence-corrected chi connectivity index (χ1v) is 8.13. The van der Waals surface area contributed by atoms with Gasteiger partial charge in [0.1, 0.15) is 4.51 Å². The molecule has 0 aromatic heterocycles. The Morgan fingerprint density at radius 2 is 1.95 bits per heavy atom. The molecular weight excluding hydrogens is 282 g/mol. The number of nitrogens with zero attached hydrogens (tertiary/aromatic N) is 1. The van der Waals surface area contributed by atoms with Gasteiger partial charge in [0.25, 0.3) is 0 Å². The molecule has 1 unspecified atom stereocenters. The molecule has 1 atom stereocenters. The molecule has 3 nitrogen and oxygen atoms in total. The van der Waals surface area contributed by atoms with E-state index in [4.69, 9.17) is 17.0 Å². The van der Waals surface area contributed by atoms with Gasteiger partial charge in [0.05, 0.1) is 5.69 Å². The predicted molar refractivity (Wildman–Crippen MR) is 92.8 cm³/mol. The second-order valence-electron chi connectivity index (χ2n) is 7.19. The number of anilines is 1. The van der Waals surface area contributed by atoms with Crippen molar-refractivity contribution < 1.29 is 4.74 Å². The fourth-order valence-electron chi connectivity index (χ4n) is 2.63. The maximum Gasteiger partial charge on any atom is 0.204 e. The largest absolute Gasteiger partial charge is 0.385 e. The third-order valence-electron chi connectivity index (χ3n) is 3.97. The zero-order valence-corrected chi connectivity index (χ0v) is 15.1. The lowest BCUT2D eigenvalue weighted by Crippen LogP contribution is -2.31. The summed E-state index contributed by atoms with van der Waals surface area (Å²) in [5.41, 5.74) is 2.30. The summed E-state index contributed by atoms with van der Waals surface area (Å²) < 4.78 is 5.62. The summed E-state index contributed by atoms with van der Waals surface area (Å²) in [6.45, 7) is 10.5. The fraction of sp³-hybridized carbons (Fsp3) is 0.765. The van der Waals surface area contributed by atoms with Crippen LogP contribution in [0.2, 0.25) is 0 Å². The van der Waals surface area contributed by atoms with Crippen molar-refractivity contribution in [1.29, 1.82) is 0 Å². The summed E-state index contributed by atoms with van der Waals surface area (Å²) in [7, 11) is 3.73. The van der Waals surface area contributed by atoms with Crippen molar-refractivity contribution in [3.8, 4) is 0 Å². The molecule has 1 aromatic carbocycles. The van der Waals surface area contributed by atoms with Crippen molar-refractivity contribution in [3.63, 3.8) is 0 Å². The fourth-order valence-corrected chi connectivity index (χ4v) is 3.01. The van der Waals surface area contributed by atoms with Crippen molar-refractivity contribution in [2.75, 3.05) is 32.2 Å². The first kappa shape index (κ1) is 18.3. The third kappa shape index (κ3) is 4.89. The lowest BCUT2D eigenvalue weighted by molar-refractivity contribution is 0.189. The minimum Gasteiger partial charge on any atom is -0.385 e. The summed E-state index contributed by atoms with van der Waals surface area (Å²) in [4.78, 5) is 14.2. The van der Waals surface area contributed by atoms with Gasteiger partial charge in [-0.1, -0.05) is 39.9 Å². The molecule has 0 spiro atoms. The quantitative estimate of drug-likeness (QED) is 0.677. The van der Waals surface area contributed by atoms with Crippen LogP contribution in [0.5, 0.6) is 0 Å². The van der Waals surface area contributed by atoms with Crippen LogP contribution in [-0.4, -0.2) is 27.3 Å². The molecular formula is C17H29NO2S. The molecule has 120 valence electrons. The van der Waals surface area contributed by atoms with Crippen LogP contribution >= 0.6 is 12.2 Å². The Hall–Kier alpha value is -0.740. The molecule has 0 saturated heterocycles. The highest BCUT2D eigenvalue weighted by molar-refractivity contribution is 7.71. The molecule has 0 amide bonds. The van der Waals surface area contributed by atoms with Crippen LogP contribution in [0.3, 0.4) is 0 Å². The average Bonchev–Trinajstić information content (AvgIpc) is 2.39. The Kier molecular flexibility index (Phi) is 6.54. The van der Waals surface area contributed by atoms with Crippen molar-refractivity contribution in [2.45, 2.75) is 52.9 Å². The normalized spacial score (nSPS) is 13.6. The molecule has 1 aromatic rings. The second-order valence-corrected chi connectivity index (χ2v) is 7.60. The van der Waals surface area contributed by atoms with E-state index in [1.807, 2.05) is 7.05 Å². The number of hydrogen-bond acceptors (Lipinski definition) is 4. The predicted octanol–water partition coefficient (Wildman–Crippen LogP) is 4.05. The van der Waals surface area contributed by atoms with E-state index in [9.17, 15) is 4.79 Å². The number of ether oxygens (including phenoxy) is 1. The molecule has 0 radical (unpaired) electrons. The minimum atomic E-state index is 0.0614. The standard InChI is InChI=1S/C17H29NO2S/c1-12(8-11-20-6)13-14(16(21)15(13)19)18(5)10-7-9-17(2,3)4/h12H,7-11H2,1-6H3. The van der Waals surface area contributed by atoms with E-state index in [2.05, 4.69) is 32.6 Å². The minimum absolute atomic E-state index is 0.0614. The molecule has 0 aliphatic heterocycles. The summed E-state index contributed by atoms with van der Waals surface area (Å²) in [5.74, 6) is 0.212. The van der Waals surface area contributed by atoms with E-state index in [1.165, 1.54) is 6.42 Å². The van der Waals surface area contributed by atoms with Gasteiger partial charge in [0, 0.05) is 32.9 Å². The van der Waals surface area contributed by atoms with Crippen LogP contribution in [0, 0.1) is 9.93 Å². The van der Waals surface area contributed by atoms with E-state index in [0.29, 0.717) is 16.5 Å². The Labute approximate surface area is 134 Å². The van der Waals surface area contributed by atoms with Gasteiger partial charge in [-0.2, -0.15) is 0 Å². The summed E-state index contributed by atoms with van der Waals surface area (Å²) in [6, 6.07) is 0. The smallest absolute Gasteiger partial charge is 0.204 e. The topological polar surface area (TPSA) is 29.5 Å². The van der Waals surface area contributed by atoms with Gasteiger partial charge in [-0.05, 0) is 30.6 Å². The first-order chi connectivity index (χ1) is 9.69. The van der Waals surface area contributed by atoms with Crippen molar-refractivity contribution in [3.05, 3.63) is 20.3 Å². The highest BCUT2D eigenvalue weighted by Crippen LogP contribution is 2.31. The lowest BCUT2D eigenvalue weighted by Gasteiger charge is -2.28. The van der Waals surface area contributed by atoms with Crippen LogP contribution in [-0.2, 0) is 4.74 Å². The molecule has 0 aliphatic carbocycles. The molecule has 1 rings (SSSR count). The summed E-state index contributed by atoms with van der Waals surface area (Å²) >= 11 is 5.26. The number of methoxy groups -OCH3 is 1. The number of hydrogen-bond donors (Lipinski definition) is 0. The van der Waals surface area contributed by atoms with Crippen LogP contribution in [0.15, 0.2) is 4.79 Å². The molecule has 0 heterocycles. The van der Waals surface area contributed by atoms with Crippen molar-refractivity contribution in [1.82, 2.24) is 0 Å². The van der Waals surface area contributed by atoms with E-state index in [1.54, 1.807) is 7.11 Å². The van der Waals surface area contributed by atoms with Crippen LogP contribution in [0.25, 0.3) is 0 Å². The zero-order valence-electron chi connectivity index (χ0n) is 14.3. The molecule has 4 heteroatoms. The van der Waals surface area contributed by atoms with E-state index in [0.717, 1.165) is 30.6 Å². The molecule has 0 saturated carbocycles. The number of rotatable bonds is 8. The van der Waals surface area contributed by atoms with Gasteiger partial charge in [-0.15, -0.1) is 0 Å². The molecule has 21 heavy (non-hydrogen) atoms. The van der Waals surface area contributed by atoms with Crippen LogP contribution in [0.4, 0.5) is 5.69 Å². The first-order valence-electron chi connectivity index (χ1n) is 7.72. The van der Waals surface area contributed by atoms with Crippen molar-refractivity contribution >= 4 is 17.9 Å². The van der Waals surface area contributed by atoms with Gasteiger partial charge in [0.2, 0.25) is 5.43 Å². The van der Waals surface area contributed by atoms with Gasteiger partial charge < -0.3 is 9.64 Å². The average molecular weight is 311 g/mol. The lowest BCUT2D eigenvalue weighted by atomic mass is 9.89. The zero-order chi connectivity index (χ0) is 16.2.